The fourth-order valence-corrected chi connectivity index (χ4v) is 2.74. The van der Waals surface area contributed by atoms with Gasteiger partial charge in [-0.25, -0.2) is 14.6 Å². The third-order valence-electron chi connectivity index (χ3n) is 4.00. The van der Waals surface area contributed by atoms with Crippen LogP contribution in [0.2, 0.25) is 0 Å². The van der Waals surface area contributed by atoms with Crippen LogP contribution in [0.4, 0.5) is 23.7 Å². The van der Waals surface area contributed by atoms with Crippen molar-refractivity contribution >= 4 is 17.4 Å². The van der Waals surface area contributed by atoms with Crippen molar-refractivity contribution < 1.29 is 32.7 Å². The Hall–Kier alpha value is -3.19. The first-order valence-corrected chi connectivity index (χ1v) is 8.31. The molecule has 29 heavy (non-hydrogen) atoms. The molecule has 12 heteroatoms. The number of hydrogen-bond acceptors (Lipinski definition) is 6. The van der Waals surface area contributed by atoms with Crippen LogP contribution in [-0.4, -0.2) is 28.1 Å². The van der Waals surface area contributed by atoms with Gasteiger partial charge < -0.3 is 10.6 Å². The van der Waals surface area contributed by atoms with Crippen molar-refractivity contribution in [3.8, 4) is 11.3 Å². The number of aromatic nitrogens is 2. The molecule has 3 N–H and O–H groups in total. The molecule has 1 aliphatic rings. The standard InChI is InChI=1S/C17H14F3N5O4/c18-17(19,20)9-22-16(26)23-12-3-1-2-10(6-12)13-8-21-14-7-11(4-5-25(13)14)15-27-24-29-28-15/h1-8,15,24H,9H2,(H2,22,23,26). The molecule has 2 aromatic heterocycles. The largest absolute Gasteiger partial charge is 0.405 e. The summed E-state index contributed by atoms with van der Waals surface area (Å²) in [5.41, 5.74) is 5.18. The lowest BCUT2D eigenvalue weighted by atomic mass is 10.1. The summed E-state index contributed by atoms with van der Waals surface area (Å²) >= 11 is 0. The van der Waals surface area contributed by atoms with E-state index in [4.69, 9.17) is 9.73 Å². The summed E-state index contributed by atoms with van der Waals surface area (Å²) in [5.74, 6) is 0. The molecule has 1 aliphatic heterocycles. The number of halogens is 3. The average molecular weight is 409 g/mol. The molecule has 1 fully saturated rings. The quantitative estimate of drug-likeness (QED) is 0.573. The minimum absolute atomic E-state index is 0.338. The van der Waals surface area contributed by atoms with Crippen LogP contribution in [-0.2, 0) is 14.7 Å². The van der Waals surface area contributed by atoms with Gasteiger partial charge in [0.2, 0.25) is 6.29 Å². The van der Waals surface area contributed by atoms with Crippen LogP contribution in [0, 0.1) is 0 Å². The molecule has 0 spiro atoms. The van der Waals surface area contributed by atoms with E-state index >= 15 is 0 Å². The van der Waals surface area contributed by atoms with E-state index in [1.165, 1.54) is 0 Å². The second-order valence-corrected chi connectivity index (χ2v) is 6.05. The summed E-state index contributed by atoms with van der Waals surface area (Å²) in [6.07, 6.45) is -1.82. The number of imidazole rings is 1. The van der Waals surface area contributed by atoms with Gasteiger partial charge in [0.15, 0.2) is 0 Å². The second-order valence-electron chi connectivity index (χ2n) is 6.05. The number of urea groups is 1. The maximum Gasteiger partial charge on any atom is 0.405 e. The Morgan fingerprint density at radius 2 is 2.14 bits per heavy atom. The molecule has 1 atom stereocenters. The molecule has 1 aromatic carbocycles. The minimum atomic E-state index is -4.48. The highest BCUT2D eigenvalue weighted by molar-refractivity contribution is 5.90. The predicted molar refractivity (Wildman–Crippen MR) is 92.8 cm³/mol. The zero-order valence-corrected chi connectivity index (χ0v) is 14.6. The number of pyridine rings is 1. The van der Waals surface area contributed by atoms with E-state index in [2.05, 4.69) is 20.9 Å². The van der Waals surface area contributed by atoms with Crippen LogP contribution in [0.1, 0.15) is 11.9 Å². The Bertz CT molecular complexity index is 1030. The van der Waals surface area contributed by atoms with Crippen LogP contribution in [0.25, 0.3) is 16.9 Å². The van der Waals surface area contributed by atoms with Crippen molar-refractivity contribution in [1.29, 1.82) is 0 Å². The van der Waals surface area contributed by atoms with E-state index in [0.29, 0.717) is 28.2 Å². The maximum absolute atomic E-state index is 12.2. The van der Waals surface area contributed by atoms with Crippen molar-refractivity contribution in [1.82, 2.24) is 20.3 Å². The monoisotopic (exact) mass is 409 g/mol. The number of hydrogen-bond donors (Lipinski definition) is 3. The molecule has 0 radical (unpaired) electrons. The first-order chi connectivity index (χ1) is 13.9. The third-order valence-corrected chi connectivity index (χ3v) is 4.00. The zero-order chi connectivity index (χ0) is 20.4. The van der Waals surface area contributed by atoms with E-state index < -0.39 is 25.0 Å². The summed E-state index contributed by atoms with van der Waals surface area (Å²) < 4.78 is 38.4. The SMILES string of the molecule is O=C(NCC(F)(F)F)Nc1cccc(-c2cnc3cc(C4ONOO4)ccn23)c1. The van der Waals surface area contributed by atoms with Gasteiger partial charge in [-0.2, -0.15) is 18.1 Å². The Kier molecular flexibility index (Phi) is 5.07. The van der Waals surface area contributed by atoms with E-state index in [9.17, 15) is 18.0 Å². The Morgan fingerprint density at radius 1 is 1.28 bits per heavy atom. The van der Waals surface area contributed by atoms with Crippen molar-refractivity contribution in [3.05, 3.63) is 54.4 Å². The number of amides is 2. The molecule has 0 saturated carbocycles. The predicted octanol–water partition coefficient (Wildman–Crippen LogP) is 3.08. The highest BCUT2D eigenvalue weighted by Crippen LogP contribution is 2.27. The number of benzene rings is 1. The number of fused-ring (bicyclic) bond motifs is 1. The third kappa shape index (κ3) is 4.46. The molecular weight excluding hydrogens is 395 g/mol. The van der Waals surface area contributed by atoms with E-state index in [1.807, 2.05) is 0 Å². The van der Waals surface area contributed by atoms with Gasteiger partial charge in [0.05, 0.1) is 11.9 Å². The summed E-state index contributed by atoms with van der Waals surface area (Å²) in [5, 5.41) is 4.13. The van der Waals surface area contributed by atoms with Gasteiger partial charge in [0.25, 0.3) is 0 Å². The van der Waals surface area contributed by atoms with Crippen LogP contribution in [0.3, 0.4) is 0 Å². The molecule has 4 rings (SSSR count). The molecule has 1 saturated heterocycles. The lowest BCUT2D eigenvalue weighted by molar-refractivity contribution is -0.309. The van der Waals surface area contributed by atoms with Crippen LogP contribution >= 0.6 is 0 Å². The van der Waals surface area contributed by atoms with Gasteiger partial charge >= 0.3 is 12.2 Å². The van der Waals surface area contributed by atoms with Gasteiger partial charge in [-0.1, -0.05) is 12.1 Å². The van der Waals surface area contributed by atoms with Crippen molar-refractivity contribution in [2.24, 2.45) is 0 Å². The number of nitrogens with zero attached hydrogens (tertiary/aromatic N) is 2. The van der Waals surface area contributed by atoms with Crippen LogP contribution < -0.4 is 16.3 Å². The number of rotatable bonds is 4. The molecule has 0 aliphatic carbocycles. The molecule has 1 unspecified atom stereocenters. The summed E-state index contributed by atoms with van der Waals surface area (Å²) in [6.45, 7) is -1.41. The van der Waals surface area contributed by atoms with Crippen LogP contribution in [0.5, 0.6) is 0 Å². The normalized spacial score (nSPS) is 16.9. The Balaban J connectivity index is 1.53. The van der Waals surface area contributed by atoms with E-state index in [-0.39, 0.29) is 0 Å². The molecule has 0 bridgehead atoms. The van der Waals surface area contributed by atoms with E-state index in [0.717, 1.165) is 0 Å². The van der Waals surface area contributed by atoms with Crippen molar-refractivity contribution in [2.45, 2.75) is 12.5 Å². The fourth-order valence-electron chi connectivity index (χ4n) is 2.74. The topological polar surface area (TPSA) is 98.2 Å². The molecule has 9 nitrogen and oxygen atoms in total. The zero-order valence-electron chi connectivity index (χ0n) is 14.6. The van der Waals surface area contributed by atoms with Gasteiger partial charge in [0, 0.05) is 23.0 Å². The van der Waals surface area contributed by atoms with Gasteiger partial charge in [-0.3, -0.25) is 4.40 Å². The number of anilines is 1. The molecule has 3 aromatic rings. The number of nitrogens with one attached hydrogen (secondary N) is 3. The second kappa shape index (κ2) is 7.67. The maximum atomic E-state index is 12.2. The summed E-state index contributed by atoms with van der Waals surface area (Å²) in [4.78, 5) is 30.4. The molecule has 152 valence electrons. The first-order valence-electron chi connectivity index (χ1n) is 8.31. The summed E-state index contributed by atoms with van der Waals surface area (Å²) in [7, 11) is 0. The average Bonchev–Trinajstić information content (AvgIpc) is 3.35. The number of carbonyl (C=O) groups excluding carboxylic acids is 1. The molecule has 2 amide bonds. The van der Waals surface area contributed by atoms with Crippen LogP contribution in [0.15, 0.2) is 48.8 Å². The first kappa shape index (κ1) is 19.1. The summed E-state index contributed by atoms with van der Waals surface area (Å²) in [6, 6.07) is 9.21. The highest BCUT2D eigenvalue weighted by Gasteiger charge is 2.27. The Morgan fingerprint density at radius 3 is 2.90 bits per heavy atom. The van der Waals surface area contributed by atoms with Gasteiger partial charge in [0.1, 0.15) is 12.2 Å². The lowest BCUT2D eigenvalue weighted by Crippen LogP contribution is -2.36. The molecular formula is C17H14F3N5O4. The number of alkyl halides is 3. The smallest absolute Gasteiger partial charge is 0.329 e. The lowest BCUT2D eigenvalue weighted by Gasteiger charge is -2.11. The van der Waals surface area contributed by atoms with Gasteiger partial charge in [-0.15, -0.1) is 4.99 Å². The highest BCUT2D eigenvalue weighted by atomic mass is 19.4. The Labute approximate surface area is 161 Å². The van der Waals surface area contributed by atoms with Crippen molar-refractivity contribution in [3.63, 3.8) is 0 Å². The number of carbonyl (C=O) groups is 1. The van der Waals surface area contributed by atoms with E-state index in [1.54, 1.807) is 58.5 Å². The van der Waals surface area contributed by atoms with Crippen molar-refractivity contribution in [2.75, 3.05) is 11.9 Å². The molecule has 3 heterocycles. The minimum Gasteiger partial charge on any atom is -0.329 e. The fraction of sp³-hybridized carbons (Fsp3) is 0.176. The van der Waals surface area contributed by atoms with Gasteiger partial charge in [-0.05, 0) is 29.9 Å².